The van der Waals surface area contributed by atoms with E-state index < -0.39 is 95.7 Å². The Morgan fingerprint density at radius 1 is 0.763 bits per heavy atom. The molecule has 0 aromatic carbocycles. The van der Waals surface area contributed by atoms with E-state index in [0.29, 0.717) is 51.2 Å². The third-order valence-electron chi connectivity index (χ3n) is 10.8. The molecule has 0 heterocycles. The number of esters is 3. The van der Waals surface area contributed by atoms with Crippen LogP contribution in [0.25, 0.3) is 0 Å². The molecule has 0 amide bonds. The van der Waals surface area contributed by atoms with Gasteiger partial charge in [0, 0.05) is 12.5 Å². The van der Waals surface area contributed by atoms with Crippen molar-refractivity contribution in [3.05, 3.63) is 0 Å². The first-order valence-electron chi connectivity index (χ1n) is 20.5. The Labute approximate surface area is 371 Å². The zero-order chi connectivity index (χ0) is 45.2. The maximum Gasteiger partial charge on any atom is 1.00 e. The van der Waals surface area contributed by atoms with Crippen molar-refractivity contribution in [2.75, 3.05) is 12.4 Å². The Bertz CT molecular complexity index is 1500. The molecule has 3 unspecified atom stereocenters. The fourth-order valence-corrected chi connectivity index (χ4v) is 23.3. The first-order valence-corrected chi connectivity index (χ1v) is 34.3. The molecule has 0 spiro atoms. The van der Waals surface area contributed by atoms with Crippen LogP contribution in [0.3, 0.4) is 0 Å². The van der Waals surface area contributed by atoms with Crippen molar-refractivity contribution >= 4 is 61.8 Å². The molecule has 0 aromatic rings. The molecule has 4 saturated carbocycles. The summed E-state index contributed by atoms with van der Waals surface area (Å²) in [5.74, 6) is -3.58. The Balaban J connectivity index is 0.000000587. The first-order chi connectivity index (χ1) is 25.8. The molecule has 4 aliphatic carbocycles. The van der Waals surface area contributed by atoms with Gasteiger partial charge >= 0.3 is 55.3 Å². The van der Waals surface area contributed by atoms with E-state index >= 15 is 0 Å². The number of carbonyl (C=O) groups is 3. The molecule has 4 aliphatic rings. The van der Waals surface area contributed by atoms with Crippen molar-refractivity contribution in [1.82, 2.24) is 0 Å². The van der Waals surface area contributed by atoms with Crippen molar-refractivity contribution < 1.29 is 89.5 Å². The molecule has 0 N–H and O–H groups in total. The maximum absolute atomic E-state index is 13.3. The minimum atomic E-state index is -5.27. The molecule has 12 nitrogen and oxygen atoms in total. The average Bonchev–Trinajstić information content (AvgIpc) is 2.98. The van der Waals surface area contributed by atoms with Gasteiger partial charge in [0.15, 0.2) is 25.0 Å². The van der Waals surface area contributed by atoms with Crippen molar-refractivity contribution in [2.24, 2.45) is 28.1 Å². The van der Waals surface area contributed by atoms with Gasteiger partial charge in [0.25, 0.3) is 0 Å². The topological polar surface area (TPSA) is 164 Å². The Kier molecular flexibility index (Phi) is 19.4. The molecule has 4 rings (SSSR count). The maximum atomic E-state index is 13.3. The first kappa shape index (κ1) is 56.6. The summed E-state index contributed by atoms with van der Waals surface area (Å²) in [6, 6.07) is 0.700. The van der Waals surface area contributed by atoms with Crippen LogP contribution in [-0.4, -0.2) is 94.9 Å². The fourth-order valence-electron chi connectivity index (χ4n) is 8.06. The Morgan fingerprint density at radius 2 is 1.19 bits per heavy atom. The van der Waals surface area contributed by atoms with E-state index in [-0.39, 0.29) is 46.6 Å². The SMILES string of the molecule is CCC(C)(C)C(=O)OC12CC3CC(C1)CC(C(=O)OC(CS(=O)(=O)[O-])C(F)(F)F)(C3)C2.CCC(C)(C)C(=O)OCCC[Si](O[Si](C)(C)C)(O[Si](C)(C)C)O[Si](C)(C)C.[Ag+]. The van der Waals surface area contributed by atoms with E-state index in [4.69, 9.17) is 21.8 Å². The zero-order valence-corrected chi connectivity index (χ0v) is 44.3. The van der Waals surface area contributed by atoms with Crippen LogP contribution in [0.4, 0.5) is 13.2 Å². The van der Waals surface area contributed by atoms with Crippen LogP contribution in [0, 0.1) is 28.1 Å². The zero-order valence-electron chi connectivity index (χ0n) is 38.0. The average molecular weight is 1030 g/mol. The number of halogens is 3. The molecule has 350 valence electrons. The summed E-state index contributed by atoms with van der Waals surface area (Å²) < 4.78 is 108. The second kappa shape index (κ2) is 20.2. The van der Waals surface area contributed by atoms with Gasteiger partial charge in [0.2, 0.25) is 6.10 Å². The van der Waals surface area contributed by atoms with Crippen molar-refractivity contribution in [2.45, 2.75) is 182 Å². The van der Waals surface area contributed by atoms with Gasteiger partial charge in [-0.25, -0.2) is 8.42 Å². The van der Waals surface area contributed by atoms with Crippen LogP contribution >= 0.6 is 0 Å². The summed E-state index contributed by atoms with van der Waals surface area (Å²) >= 11 is 0. The normalized spacial score (nSPS) is 24.3. The van der Waals surface area contributed by atoms with Crippen LogP contribution in [0.2, 0.25) is 65.0 Å². The molecule has 3 atom stereocenters. The largest absolute Gasteiger partial charge is 1.00 e. The summed E-state index contributed by atoms with van der Waals surface area (Å²) in [7, 11) is -13.7. The molecular weight excluding hydrogens is 958 g/mol. The Morgan fingerprint density at radius 3 is 1.56 bits per heavy atom. The molecule has 0 aliphatic heterocycles. The molecule has 59 heavy (non-hydrogen) atoms. The predicted molar refractivity (Wildman–Crippen MR) is 224 cm³/mol. The smallest absolute Gasteiger partial charge is 0.748 e. The summed E-state index contributed by atoms with van der Waals surface area (Å²) in [5, 5.41) is 0. The van der Waals surface area contributed by atoms with Gasteiger partial charge in [-0.3, -0.25) is 14.4 Å². The molecule has 4 bridgehead atoms. The molecular formula is C38H72AgF3O12SSi4. The minimum Gasteiger partial charge on any atom is -0.748 e. The number of hydrogen-bond donors (Lipinski definition) is 0. The molecule has 4 fully saturated rings. The van der Waals surface area contributed by atoms with Crippen LogP contribution in [0.1, 0.15) is 99.3 Å². The van der Waals surface area contributed by atoms with E-state index in [9.17, 15) is 40.5 Å². The summed E-state index contributed by atoms with van der Waals surface area (Å²) in [6.45, 7) is 31.2. The van der Waals surface area contributed by atoms with Gasteiger partial charge < -0.3 is 31.1 Å². The van der Waals surface area contributed by atoms with E-state index in [1.54, 1.807) is 13.8 Å². The number of alkyl halides is 3. The van der Waals surface area contributed by atoms with Gasteiger partial charge in [-0.2, -0.15) is 13.2 Å². The minimum absolute atomic E-state index is 0. The fraction of sp³-hybridized carbons (Fsp3) is 0.921. The number of ether oxygens (including phenoxy) is 3. The Hall–Kier alpha value is -0.402. The second-order valence-corrected chi connectivity index (χ2v) is 39.5. The van der Waals surface area contributed by atoms with E-state index in [0.717, 1.165) is 12.8 Å². The van der Waals surface area contributed by atoms with Crippen molar-refractivity contribution in [3.63, 3.8) is 0 Å². The summed E-state index contributed by atoms with van der Waals surface area (Å²) in [6.07, 6.45) is -3.67. The monoisotopic (exact) mass is 1030 g/mol. The molecule has 0 aromatic heterocycles. The van der Waals surface area contributed by atoms with Crippen LogP contribution in [0.15, 0.2) is 0 Å². The molecule has 0 radical (unpaired) electrons. The third-order valence-corrected chi connectivity index (χ3v) is 23.6. The molecule has 21 heteroatoms. The van der Waals surface area contributed by atoms with Gasteiger partial charge in [-0.1, -0.05) is 13.8 Å². The van der Waals surface area contributed by atoms with Crippen molar-refractivity contribution in [3.8, 4) is 0 Å². The van der Waals surface area contributed by atoms with E-state index in [2.05, 4.69) is 63.7 Å². The van der Waals surface area contributed by atoms with E-state index in [1.165, 1.54) is 0 Å². The third kappa shape index (κ3) is 17.9. The number of hydrogen-bond acceptors (Lipinski definition) is 12. The van der Waals surface area contributed by atoms with Gasteiger partial charge in [0.1, 0.15) is 5.60 Å². The number of rotatable bonds is 19. The summed E-state index contributed by atoms with van der Waals surface area (Å²) in [4.78, 5) is 37.9. The summed E-state index contributed by atoms with van der Waals surface area (Å²) in [5.41, 5.74) is -3.39. The predicted octanol–water partition coefficient (Wildman–Crippen LogP) is 9.17. The molecule has 0 saturated heterocycles. The second-order valence-electron chi connectivity index (χ2n) is 21.0. The number of carbonyl (C=O) groups excluding carboxylic acids is 3. The van der Waals surface area contributed by atoms with Crippen molar-refractivity contribution in [1.29, 1.82) is 0 Å². The standard InChI is InChI=1S/C20H29F3O7S.C18H44O5Si4.Ag/c1-4-17(2,3)15(24)30-19-8-12-5-13(9-19)7-18(6-12,11-19)16(25)29-14(20(21,22)23)10-31(26,27)28;1-13-18(2,3)17(19)20-15-14-16-27(21-24(4,5)6,22-25(7,8)9)23-26(10,11)12;/h12-14H,4-11H2,1-3H3,(H,26,27,28);13-16H2,1-12H3;/q;;+1/p-1. The van der Waals surface area contributed by atoms with Crippen LogP contribution in [0.5, 0.6) is 0 Å². The van der Waals surface area contributed by atoms with E-state index in [1.807, 2.05) is 27.7 Å². The van der Waals surface area contributed by atoms with Gasteiger partial charge in [-0.05, 0) is 150 Å². The van der Waals surface area contributed by atoms with Gasteiger partial charge in [0.05, 0.1) is 38.7 Å². The quantitative estimate of drug-likeness (QED) is 0.0397. The van der Waals surface area contributed by atoms with Gasteiger partial charge in [-0.15, -0.1) is 0 Å². The van der Waals surface area contributed by atoms with Crippen LogP contribution < -0.4 is 0 Å². The van der Waals surface area contributed by atoms with Crippen LogP contribution in [-0.2, 0) is 73.4 Å².